The summed E-state index contributed by atoms with van der Waals surface area (Å²) >= 11 is 0. The van der Waals surface area contributed by atoms with Crippen LogP contribution in [0.5, 0.6) is 0 Å². The first-order valence-electron chi connectivity index (χ1n) is 10.7. The maximum Gasteiger partial charge on any atom is 0.269 e. The van der Waals surface area contributed by atoms with E-state index in [4.69, 9.17) is 0 Å². The smallest absolute Gasteiger partial charge is 0.269 e. The molecule has 0 atom stereocenters. The quantitative estimate of drug-likeness (QED) is 0.589. The number of carbonyl (C=O) groups excluding carboxylic acids is 1. The van der Waals surface area contributed by atoms with Gasteiger partial charge in [0.15, 0.2) is 0 Å². The number of unbranched alkanes of at least 4 members (excludes halogenated alkanes) is 1. The van der Waals surface area contributed by atoms with Gasteiger partial charge in [0.25, 0.3) is 5.91 Å². The summed E-state index contributed by atoms with van der Waals surface area (Å²) < 4.78 is 0. The Labute approximate surface area is 185 Å². The minimum Gasteiger partial charge on any atom is -0.354 e. The summed E-state index contributed by atoms with van der Waals surface area (Å²) in [7, 11) is 0. The van der Waals surface area contributed by atoms with Gasteiger partial charge in [-0.1, -0.05) is 37.8 Å². The lowest BCUT2D eigenvalue weighted by atomic mass is 10.1. The number of rotatable bonds is 7. The molecule has 1 fully saturated rings. The monoisotopic (exact) mass is 419 g/mol. The number of nitrogens with zero attached hydrogens (tertiary/aromatic N) is 4. The zero-order chi connectivity index (χ0) is 20.8. The van der Waals surface area contributed by atoms with Crippen LogP contribution < -0.4 is 10.2 Å². The first-order chi connectivity index (χ1) is 14.7. The van der Waals surface area contributed by atoms with Crippen molar-refractivity contribution < 1.29 is 4.79 Å². The molecule has 1 aliphatic heterocycles. The average molecular weight is 420 g/mol. The molecule has 0 saturated carbocycles. The molecule has 2 aromatic heterocycles. The first-order valence-corrected chi connectivity index (χ1v) is 10.7. The van der Waals surface area contributed by atoms with E-state index in [0.29, 0.717) is 12.2 Å². The Bertz CT molecular complexity index is 998. The van der Waals surface area contributed by atoms with Crippen LogP contribution in [-0.2, 0) is 0 Å². The maximum atomic E-state index is 12.4. The first kappa shape index (κ1) is 22.7. The fraction of sp³-hybridized carbons (Fsp3) is 0.400. The summed E-state index contributed by atoms with van der Waals surface area (Å²) in [6.07, 6.45) is 3.81. The van der Waals surface area contributed by atoms with Gasteiger partial charge in [0, 0.05) is 50.0 Å². The molecule has 0 bridgehead atoms. The van der Waals surface area contributed by atoms with Crippen LogP contribution in [0.15, 0.2) is 54.7 Å². The van der Waals surface area contributed by atoms with Gasteiger partial charge in [-0.05, 0) is 49.9 Å². The Kier molecular flexibility index (Phi) is 7.95. The van der Waals surface area contributed by atoms with Gasteiger partial charge in [-0.3, -0.25) is 14.7 Å². The highest BCUT2D eigenvalue weighted by Crippen LogP contribution is 2.15. The minimum atomic E-state index is -0.0972. The van der Waals surface area contributed by atoms with Crippen LogP contribution in [0, 0.1) is 6.92 Å². The van der Waals surface area contributed by atoms with Crippen molar-refractivity contribution in [1.82, 2.24) is 20.2 Å². The summed E-state index contributed by atoms with van der Waals surface area (Å²) in [5.41, 5.74) is 1.55. The van der Waals surface area contributed by atoms with E-state index in [2.05, 4.69) is 37.2 Å². The number of aryl methyl sites for hydroxylation is 1. The summed E-state index contributed by atoms with van der Waals surface area (Å²) in [6, 6.07) is 16.0. The third kappa shape index (κ3) is 6.01. The lowest BCUT2D eigenvalue weighted by Crippen LogP contribution is -2.47. The predicted molar refractivity (Wildman–Crippen MR) is 128 cm³/mol. The highest BCUT2D eigenvalue weighted by Gasteiger charge is 2.17. The fourth-order valence-corrected chi connectivity index (χ4v) is 3.87. The number of benzene rings is 1. The zero-order valence-corrected chi connectivity index (χ0v) is 17.6. The molecule has 1 aliphatic rings. The second-order valence-electron chi connectivity index (χ2n) is 7.85. The van der Waals surface area contributed by atoms with Crippen molar-refractivity contribution in [2.45, 2.75) is 27.2 Å². The molecule has 4 rings (SSSR count). The van der Waals surface area contributed by atoms with E-state index in [1.807, 2.05) is 43.3 Å². The van der Waals surface area contributed by atoms with E-state index in [9.17, 15) is 4.79 Å². The standard InChI is InChI=1S/C24H29N5O.CH4/c1-19-7-6-10-23(27-19)29-15-13-28(14-16-29)12-5-4-11-25-24(30)22-17-20-8-2-3-9-21(20)18-26-22;/h2-3,6-10,17-18H,4-5,11-16H2,1H3,(H,25,30);1H4. The van der Waals surface area contributed by atoms with Gasteiger partial charge < -0.3 is 10.2 Å². The highest BCUT2D eigenvalue weighted by molar-refractivity contribution is 5.96. The van der Waals surface area contributed by atoms with E-state index in [1.165, 1.54) is 0 Å². The van der Waals surface area contributed by atoms with Gasteiger partial charge in [0.2, 0.25) is 0 Å². The number of carbonyl (C=O) groups is 1. The number of aromatic nitrogens is 2. The summed E-state index contributed by atoms with van der Waals surface area (Å²) in [5, 5.41) is 5.09. The van der Waals surface area contributed by atoms with Gasteiger partial charge in [-0.25, -0.2) is 4.98 Å². The molecule has 0 spiro atoms. The molecule has 0 unspecified atom stereocenters. The van der Waals surface area contributed by atoms with E-state index >= 15 is 0 Å². The molecule has 31 heavy (non-hydrogen) atoms. The molecular formula is C25H33N5O. The number of hydrogen-bond acceptors (Lipinski definition) is 5. The third-order valence-corrected chi connectivity index (χ3v) is 5.62. The highest BCUT2D eigenvalue weighted by atomic mass is 16.1. The molecule has 3 heterocycles. The molecule has 6 nitrogen and oxygen atoms in total. The number of piperazine rings is 1. The fourth-order valence-electron chi connectivity index (χ4n) is 3.87. The van der Waals surface area contributed by atoms with Crippen LogP contribution in [0.3, 0.4) is 0 Å². The van der Waals surface area contributed by atoms with Crippen molar-refractivity contribution in [1.29, 1.82) is 0 Å². The van der Waals surface area contributed by atoms with Crippen molar-refractivity contribution in [3.8, 4) is 0 Å². The number of fused-ring (bicyclic) bond motifs is 1. The lowest BCUT2D eigenvalue weighted by Gasteiger charge is -2.35. The van der Waals surface area contributed by atoms with E-state index in [-0.39, 0.29) is 13.3 Å². The Morgan fingerprint density at radius 1 is 1.00 bits per heavy atom. The number of amides is 1. The molecule has 1 N–H and O–H groups in total. The van der Waals surface area contributed by atoms with Gasteiger partial charge >= 0.3 is 0 Å². The minimum absolute atomic E-state index is 0. The zero-order valence-electron chi connectivity index (χ0n) is 17.6. The van der Waals surface area contributed by atoms with Crippen molar-refractivity contribution in [3.05, 3.63) is 66.1 Å². The van der Waals surface area contributed by atoms with Crippen LogP contribution in [-0.4, -0.2) is 60.0 Å². The predicted octanol–water partition coefficient (Wildman–Crippen LogP) is 3.91. The summed E-state index contributed by atoms with van der Waals surface area (Å²) in [6.45, 7) is 7.93. The largest absolute Gasteiger partial charge is 0.354 e. The molecule has 1 amide bonds. The Morgan fingerprint density at radius 3 is 2.55 bits per heavy atom. The number of pyridine rings is 2. The second kappa shape index (κ2) is 10.9. The molecule has 1 saturated heterocycles. The van der Waals surface area contributed by atoms with Crippen LogP contribution >= 0.6 is 0 Å². The molecule has 6 heteroatoms. The van der Waals surface area contributed by atoms with Gasteiger partial charge in [0.05, 0.1) is 0 Å². The summed E-state index contributed by atoms with van der Waals surface area (Å²) in [5.74, 6) is 0.986. The van der Waals surface area contributed by atoms with Gasteiger partial charge in [-0.2, -0.15) is 0 Å². The Morgan fingerprint density at radius 2 is 1.77 bits per heavy atom. The Hall–Kier alpha value is -2.99. The average Bonchev–Trinajstić information content (AvgIpc) is 2.79. The molecule has 0 aliphatic carbocycles. The normalized spacial score (nSPS) is 14.3. The molecule has 3 aromatic rings. The van der Waals surface area contributed by atoms with E-state index < -0.39 is 0 Å². The number of anilines is 1. The van der Waals surface area contributed by atoms with Crippen molar-refractivity contribution in [2.75, 3.05) is 44.2 Å². The maximum absolute atomic E-state index is 12.4. The number of hydrogen-bond donors (Lipinski definition) is 1. The van der Waals surface area contributed by atoms with Crippen LogP contribution in [0.25, 0.3) is 10.8 Å². The van der Waals surface area contributed by atoms with E-state index in [0.717, 1.165) is 67.8 Å². The van der Waals surface area contributed by atoms with Crippen LogP contribution in [0.1, 0.15) is 36.5 Å². The van der Waals surface area contributed by atoms with Gasteiger partial charge in [-0.15, -0.1) is 0 Å². The number of nitrogens with one attached hydrogen (secondary N) is 1. The molecule has 164 valence electrons. The van der Waals surface area contributed by atoms with Crippen molar-refractivity contribution in [3.63, 3.8) is 0 Å². The van der Waals surface area contributed by atoms with Crippen LogP contribution in [0.2, 0.25) is 0 Å². The Balaban J connectivity index is 0.00000272. The molecule has 0 radical (unpaired) electrons. The van der Waals surface area contributed by atoms with Crippen molar-refractivity contribution in [2.24, 2.45) is 0 Å². The second-order valence-corrected chi connectivity index (χ2v) is 7.85. The molecule has 1 aromatic carbocycles. The van der Waals surface area contributed by atoms with Crippen molar-refractivity contribution >= 4 is 22.5 Å². The molecular weight excluding hydrogens is 386 g/mol. The van der Waals surface area contributed by atoms with Crippen LogP contribution in [0.4, 0.5) is 5.82 Å². The van der Waals surface area contributed by atoms with Gasteiger partial charge in [0.1, 0.15) is 11.5 Å². The van der Waals surface area contributed by atoms with E-state index in [1.54, 1.807) is 6.20 Å². The third-order valence-electron chi connectivity index (χ3n) is 5.62. The SMILES string of the molecule is C.Cc1cccc(N2CCN(CCCCNC(=O)c3cc4ccccc4cn3)CC2)n1. The topological polar surface area (TPSA) is 61.4 Å². The summed E-state index contributed by atoms with van der Waals surface area (Å²) in [4.78, 5) is 26.1. The lowest BCUT2D eigenvalue weighted by molar-refractivity contribution is 0.0947.